The van der Waals surface area contributed by atoms with Gasteiger partial charge in [0, 0.05) is 11.8 Å². The number of alkyl halides is 1. The van der Waals surface area contributed by atoms with Crippen molar-refractivity contribution >= 4 is 39.3 Å². The van der Waals surface area contributed by atoms with Gasteiger partial charge in [-0.05, 0) is 25.0 Å². The van der Waals surface area contributed by atoms with E-state index in [0.29, 0.717) is 17.8 Å². The number of benzene rings is 1. The second-order valence-corrected chi connectivity index (χ2v) is 5.17. The molecule has 3 N–H and O–H groups in total. The molecule has 1 rings (SSSR count). The van der Waals surface area contributed by atoms with Gasteiger partial charge in [0.25, 0.3) is 0 Å². The van der Waals surface area contributed by atoms with E-state index in [-0.39, 0.29) is 5.91 Å². The average molecular weight is 343 g/mol. The van der Waals surface area contributed by atoms with Crippen LogP contribution in [-0.4, -0.2) is 22.4 Å². The zero-order valence-electron chi connectivity index (χ0n) is 11.2. The lowest BCUT2D eigenvalue weighted by molar-refractivity contribution is -0.116. The fourth-order valence-corrected chi connectivity index (χ4v) is 2.16. The predicted octanol–water partition coefficient (Wildman–Crippen LogP) is 4.06. The number of hydrogen-bond acceptors (Lipinski definition) is 2. The molecule has 0 aliphatic heterocycles. The van der Waals surface area contributed by atoms with Crippen molar-refractivity contribution in [3.05, 3.63) is 24.3 Å². The Hall–Kier alpha value is -1.56. The summed E-state index contributed by atoms with van der Waals surface area (Å²) >= 11 is 3.37. The molecule has 0 aromatic heterocycles. The molecule has 110 valence electrons. The van der Waals surface area contributed by atoms with Crippen molar-refractivity contribution in [3.63, 3.8) is 0 Å². The molecule has 0 saturated heterocycles. The normalized spacial score (nSPS) is 10.1. The highest BCUT2D eigenvalue weighted by molar-refractivity contribution is 9.09. The molecule has 0 unspecified atom stereocenters. The maximum absolute atomic E-state index is 11.8. The molecule has 0 atom stereocenters. The van der Waals surface area contributed by atoms with Crippen LogP contribution in [0.2, 0.25) is 0 Å². The van der Waals surface area contributed by atoms with Crippen LogP contribution in [0.15, 0.2) is 24.3 Å². The molecule has 0 heterocycles. The Morgan fingerprint density at radius 1 is 1.00 bits per heavy atom. The first-order valence-electron chi connectivity index (χ1n) is 6.58. The van der Waals surface area contributed by atoms with E-state index in [4.69, 9.17) is 5.11 Å². The molecular formula is C14H19BrN2O3. The Balaban J connectivity index is 2.43. The maximum atomic E-state index is 11.8. The minimum atomic E-state index is -1.15. The summed E-state index contributed by atoms with van der Waals surface area (Å²) in [4.78, 5) is 22.4. The van der Waals surface area contributed by atoms with Crippen LogP contribution in [0.25, 0.3) is 0 Å². The molecule has 1 aromatic rings. The Morgan fingerprint density at radius 3 is 2.20 bits per heavy atom. The standard InChI is InChI=1S/C14H19BrN2O3/c15-10-6-2-1-3-9-13(18)16-11-7-4-5-8-12(11)17-14(19)20/h4-5,7-8,17H,1-3,6,9-10H2,(H,16,18)(H,19,20). The lowest BCUT2D eigenvalue weighted by atomic mass is 10.1. The number of nitrogens with one attached hydrogen (secondary N) is 2. The highest BCUT2D eigenvalue weighted by Crippen LogP contribution is 2.21. The van der Waals surface area contributed by atoms with Crippen LogP contribution in [0.5, 0.6) is 0 Å². The SMILES string of the molecule is O=C(O)Nc1ccccc1NC(=O)CCCCCCBr. The fraction of sp³-hybridized carbons (Fsp3) is 0.429. The Bertz CT molecular complexity index is 452. The largest absolute Gasteiger partial charge is 0.465 e. The van der Waals surface area contributed by atoms with Gasteiger partial charge in [0.05, 0.1) is 11.4 Å². The third-order valence-electron chi connectivity index (χ3n) is 2.73. The predicted molar refractivity (Wildman–Crippen MR) is 83.6 cm³/mol. The summed E-state index contributed by atoms with van der Waals surface area (Å²) in [6.45, 7) is 0. The van der Waals surface area contributed by atoms with E-state index < -0.39 is 6.09 Å². The van der Waals surface area contributed by atoms with Crippen molar-refractivity contribution in [2.24, 2.45) is 0 Å². The topological polar surface area (TPSA) is 78.4 Å². The third kappa shape index (κ3) is 6.56. The van der Waals surface area contributed by atoms with Gasteiger partial charge in [-0.25, -0.2) is 4.79 Å². The second-order valence-electron chi connectivity index (χ2n) is 4.38. The van der Waals surface area contributed by atoms with Gasteiger partial charge in [0.1, 0.15) is 0 Å². The summed E-state index contributed by atoms with van der Waals surface area (Å²) in [6, 6.07) is 6.74. The summed E-state index contributed by atoms with van der Waals surface area (Å²) in [6.07, 6.45) is 3.38. The van der Waals surface area contributed by atoms with Gasteiger partial charge >= 0.3 is 6.09 Å². The van der Waals surface area contributed by atoms with Crippen LogP contribution in [0.1, 0.15) is 32.1 Å². The van der Waals surface area contributed by atoms with Crippen LogP contribution in [-0.2, 0) is 4.79 Å². The molecule has 0 bridgehead atoms. The van der Waals surface area contributed by atoms with Gasteiger partial charge in [-0.3, -0.25) is 10.1 Å². The molecule has 0 spiro atoms. The first-order chi connectivity index (χ1) is 9.63. The number of para-hydroxylation sites is 2. The van der Waals surface area contributed by atoms with E-state index in [2.05, 4.69) is 26.6 Å². The van der Waals surface area contributed by atoms with E-state index >= 15 is 0 Å². The van der Waals surface area contributed by atoms with E-state index in [9.17, 15) is 9.59 Å². The van der Waals surface area contributed by atoms with Crippen molar-refractivity contribution in [2.75, 3.05) is 16.0 Å². The van der Waals surface area contributed by atoms with Crippen LogP contribution < -0.4 is 10.6 Å². The van der Waals surface area contributed by atoms with Gasteiger partial charge in [0.2, 0.25) is 5.91 Å². The summed E-state index contributed by atoms with van der Waals surface area (Å²) in [7, 11) is 0. The second kappa shape index (κ2) is 9.36. The lowest BCUT2D eigenvalue weighted by Crippen LogP contribution is -2.15. The van der Waals surface area contributed by atoms with Crippen molar-refractivity contribution < 1.29 is 14.7 Å². The summed E-state index contributed by atoms with van der Waals surface area (Å²) in [5, 5.41) is 14.7. The molecule has 0 aliphatic rings. The zero-order chi connectivity index (χ0) is 14.8. The smallest absolute Gasteiger partial charge is 0.409 e. The number of rotatable bonds is 8. The van der Waals surface area contributed by atoms with E-state index in [1.807, 2.05) is 0 Å². The highest BCUT2D eigenvalue weighted by Gasteiger charge is 2.08. The monoisotopic (exact) mass is 342 g/mol. The third-order valence-corrected chi connectivity index (χ3v) is 3.29. The Labute approximate surface area is 126 Å². The Kier molecular flexibility index (Phi) is 7.72. The summed E-state index contributed by atoms with van der Waals surface area (Å²) < 4.78 is 0. The summed E-state index contributed by atoms with van der Waals surface area (Å²) in [5.74, 6) is -0.0940. The zero-order valence-corrected chi connectivity index (χ0v) is 12.8. The molecule has 6 heteroatoms. The first-order valence-corrected chi connectivity index (χ1v) is 7.70. The van der Waals surface area contributed by atoms with Crippen molar-refractivity contribution in [1.82, 2.24) is 0 Å². The molecule has 0 aliphatic carbocycles. The van der Waals surface area contributed by atoms with Gasteiger partial charge < -0.3 is 10.4 Å². The summed E-state index contributed by atoms with van der Waals surface area (Å²) in [5.41, 5.74) is 0.869. The van der Waals surface area contributed by atoms with Crippen LogP contribution >= 0.6 is 15.9 Å². The number of carboxylic acid groups (broad SMARTS) is 1. The number of halogens is 1. The minimum absolute atomic E-state index is 0.0940. The number of unbranched alkanes of at least 4 members (excludes halogenated alkanes) is 3. The lowest BCUT2D eigenvalue weighted by Gasteiger charge is -2.10. The van der Waals surface area contributed by atoms with Crippen molar-refractivity contribution in [1.29, 1.82) is 0 Å². The molecule has 20 heavy (non-hydrogen) atoms. The number of carbonyl (C=O) groups is 2. The fourth-order valence-electron chi connectivity index (χ4n) is 1.76. The maximum Gasteiger partial charge on any atom is 0.409 e. The van der Waals surface area contributed by atoms with Crippen LogP contribution in [0, 0.1) is 0 Å². The first kappa shape index (κ1) is 16.5. The van der Waals surface area contributed by atoms with Crippen LogP contribution in [0.4, 0.5) is 16.2 Å². The molecule has 0 fully saturated rings. The van der Waals surface area contributed by atoms with Crippen molar-refractivity contribution in [2.45, 2.75) is 32.1 Å². The highest BCUT2D eigenvalue weighted by atomic mass is 79.9. The molecule has 5 nitrogen and oxygen atoms in total. The number of amides is 2. The molecule has 0 saturated carbocycles. The molecule has 0 radical (unpaired) electrons. The van der Waals surface area contributed by atoms with Crippen LogP contribution in [0.3, 0.4) is 0 Å². The minimum Gasteiger partial charge on any atom is -0.465 e. The van der Waals surface area contributed by atoms with Gasteiger partial charge in [0.15, 0.2) is 0 Å². The number of carbonyl (C=O) groups excluding carboxylic acids is 1. The van der Waals surface area contributed by atoms with Gasteiger partial charge in [-0.15, -0.1) is 0 Å². The number of anilines is 2. The van der Waals surface area contributed by atoms with E-state index in [1.165, 1.54) is 0 Å². The van der Waals surface area contributed by atoms with E-state index in [1.54, 1.807) is 24.3 Å². The van der Waals surface area contributed by atoms with Gasteiger partial charge in [-0.2, -0.15) is 0 Å². The number of hydrogen-bond donors (Lipinski definition) is 3. The molecule has 1 aromatic carbocycles. The van der Waals surface area contributed by atoms with Crippen molar-refractivity contribution in [3.8, 4) is 0 Å². The Morgan fingerprint density at radius 2 is 1.60 bits per heavy atom. The molecular weight excluding hydrogens is 324 g/mol. The quantitative estimate of drug-likeness (QED) is 0.492. The molecule has 2 amide bonds. The average Bonchev–Trinajstić information content (AvgIpc) is 2.40. The van der Waals surface area contributed by atoms with Gasteiger partial charge in [-0.1, -0.05) is 40.9 Å². The van der Waals surface area contributed by atoms with E-state index in [0.717, 1.165) is 31.0 Å².